The first-order valence-corrected chi connectivity index (χ1v) is 6.38. The highest BCUT2D eigenvalue weighted by molar-refractivity contribution is 7.99. The SMILES string of the molecule is CCn1c(CN)nnc1SC(C)CCOC. The molecule has 0 radical (unpaired) electrons. The highest BCUT2D eigenvalue weighted by atomic mass is 32.2. The molecule has 0 aliphatic rings. The van der Waals surface area contributed by atoms with Crippen LogP contribution in [-0.4, -0.2) is 33.7 Å². The monoisotopic (exact) mass is 244 g/mol. The Labute approximate surface area is 101 Å². The van der Waals surface area contributed by atoms with Gasteiger partial charge >= 0.3 is 0 Å². The lowest BCUT2D eigenvalue weighted by molar-refractivity contribution is 0.195. The topological polar surface area (TPSA) is 66.0 Å². The summed E-state index contributed by atoms with van der Waals surface area (Å²) in [7, 11) is 1.72. The number of thioether (sulfide) groups is 1. The van der Waals surface area contributed by atoms with Crippen molar-refractivity contribution in [3.05, 3.63) is 5.82 Å². The third kappa shape index (κ3) is 3.47. The Morgan fingerprint density at radius 2 is 2.25 bits per heavy atom. The lowest BCUT2D eigenvalue weighted by Gasteiger charge is -2.11. The second-order valence-corrected chi connectivity index (χ2v) is 4.96. The van der Waals surface area contributed by atoms with Crippen LogP contribution >= 0.6 is 11.8 Å². The fourth-order valence-electron chi connectivity index (χ4n) is 1.40. The van der Waals surface area contributed by atoms with Crippen molar-refractivity contribution in [2.75, 3.05) is 13.7 Å². The Bertz CT molecular complexity index is 316. The molecule has 1 aromatic rings. The number of nitrogens with zero attached hydrogens (tertiary/aromatic N) is 3. The summed E-state index contributed by atoms with van der Waals surface area (Å²) in [4.78, 5) is 0. The maximum absolute atomic E-state index is 5.60. The van der Waals surface area contributed by atoms with E-state index in [1.807, 2.05) is 0 Å². The number of hydrogen-bond donors (Lipinski definition) is 1. The van der Waals surface area contributed by atoms with E-state index < -0.39 is 0 Å². The molecule has 0 amide bonds. The molecule has 0 aromatic carbocycles. The molecule has 5 nitrogen and oxygen atoms in total. The molecular weight excluding hydrogens is 224 g/mol. The summed E-state index contributed by atoms with van der Waals surface area (Å²) in [6.07, 6.45) is 1.01. The van der Waals surface area contributed by atoms with Gasteiger partial charge in [-0.05, 0) is 13.3 Å². The molecule has 92 valence electrons. The van der Waals surface area contributed by atoms with Crippen LogP contribution in [-0.2, 0) is 17.8 Å². The molecule has 1 atom stereocenters. The molecule has 0 aliphatic heterocycles. The fourth-order valence-corrected chi connectivity index (χ4v) is 2.42. The Kier molecular flexibility index (Phi) is 5.79. The van der Waals surface area contributed by atoms with Gasteiger partial charge in [0.1, 0.15) is 5.82 Å². The normalized spacial score (nSPS) is 13.0. The molecule has 0 saturated heterocycles. The van der Waals surface area contributed by atoms with Crippen molar-refractivity contribution in [2.45, 2.75) is 43.8 Å². The van der Waals surface area contributed by atoms with Crippen LogP contribution < -0.4 is 5.73 Å². The summed E-state index contributed by atoms with van der Waals surface area (Å²) in [5, 5.41) is 9.66. The summed E-state index contributed by atoms with van der Waals surface area (Å²) < 4.78 is 7.12. The van der Waals surface area contributed by atoms with Crippen LogP contribution in [0.1, 0.15) is 26.1 Å². The zero-order chi connectivity index (χ0) is 12.0. The fraction of sp³-hybridized carbons (Fsp3) is 0.800. The Morgan fingerprint density at radius 1 is 1.50 bits per heavy atom. The van der Waals surface area contributed by atoms with E-state index >= 15 is 0 Å². The first-order valence-electron chi connectivity index (χ1n) is 5.50. The van der Waals surface area contributed by atoms with Gasteiger partial charge in [0.25, 0.3) is 0 Å². The quantitative estimate of drug-likeness (QED) is 0.732. The van der Waals surface area contributed by atoms with Gasteiger partial charge in [0.05, 0.1) is 6.54 Å². The van der Waals surface area contributed by atoms with Crippen molar-refractivity contribution >= 4 is 11.8 Å². The van der Waals surface area contributed by atoms with E-state index in [1.54, 1.807) is 18.9 Å². The summed E-state index contributed by atoms with van der Waals surface area (Å²) in [6, 6.07) is 0. The lowest BCUT2D eigenvalue weighted by atomic mass is 10.3. The predicted octanol–water partition coefficient (Wildman–Crippen LogP) is 1.27. The highest BCUT2D eigenvalue weighted by Crippen LogP contribution is 2.24. The molecule has 1 heterocycles. The van der Waals surface area contributed by atoms with E-state index in [-0.39, 0.29) is 0 Å². The number of aromatic nitrogens is 3. The van der Waals surface area contributed by atoms with Gasteiger partial charge in [0.15, 0.2) is 5.16 Å². The first kappa shape index (κ1) is 13.5. The molecule has 0 saturated carbocycles. The minimum Gasteiger partial charge on any atom is -0.385 e. The minimum atomic E-state index is 0.438. The van der Waals surface area contributed by atoms with Gasteiger partial charge in [-0.15, -0.1) is 10.2 Å². The molecule has 6 heteroatoms. The van der Waals surface area contributed by atoms with Crippen LogP contribution in [0.4, 0.5) is 0 Å². The van der Waals surface area contributed by atoms with Crippen LogP contribution in [0.25, 0.3) is 0 Å². The maximum Gasteiger partial charge on any atom is 0.191 e. The van der Waals surface area contributed by atoms with Crippen molar-refractivity contribution in [1.29, 1.82) is 0 Å². The Balaban J connectivity index is 2.62. The number of rotatable bonds is 7. The standard InChI is InChI=1S/C10H20N4OS/c1-4-14-9(7-11)12-13-10(14)16-8(2)5-6-15-3/h8H,4-7,11H2,1-3H3. The second kappa shape index (κ2) is 6.88. The minimum absolute atomic E-state index is 0.438. The first-order chi connectivity index (χ1) is 7.72. The number of hydrogen-bond acceptors (Lipinski definition) is 5. The smallest absolute Gasteiger partial charge is 0.191 e. The average molecular weight is 244 g/mol. The van der Waals surface area contributed by atoms with E-state index in [9.17, 15) is 0 Å². The Morgan fingerprint density at radius 3 is 2.81 bits per heavy atom. The third-order valence-electron chi connectivity index (χ3n) is 2.33. The molecule has 1 rings (SSSR count). The van der Waals surface area contributed by atoms with Gasteiger partial charge in [-0.3, -0.25) is 0 Å². The summed E-state index contributed by atoms with van der Waals surface area (Å²) in [6.45, 7) is 6.32. The summed E-state index contributed by atoms with van der Waals surface area (Å²) in [5.74, 6) is 0.851. The van der Waals surface area contributed by atoms with Crippen molar-refractivity contribution in [2.24, 2.45) is 5.73 Å². The summed E-state index contributed by atoms with van der Waals surface area (Å²) in [5.41, 5.74) is 5.60. The second-order valence-electron chi connectivity index (χ2n) is 3.56. The van der Waals surface area contributed by atoms with Crippen LogP contribution in [0.3, 0.4) is 0 Å². The molecule has 1 unspecified atom stereocenters. The van der Waals surface area contributed by atoms with E-state index in [4.69, 9.17) is 10.5 Å². The van der Waals surface area contributed by atoms with Gasteiger partial charge in [0.2, 0.25) is 0 Å². The van der Waals surface area contributed by atoms with E-state index in [0.29, 0.717) is 11.8 Å². The summed E-state index contributed by atoms with van der Waals surface area (Å²) >= 11 is 1.72. The zero-order valence-corrected chi connectivity index (χ0v) is 11.0. The molecule has 1 aromatic heterocycles. The van der Waals surface area contributed by atoms with Crippen molar-refractivity contribution in [3.63, 3.8) is 0 Å². The van der Waals surface area contributed by atoms with Crippen molar-refractivity contribution < 1.29 is 4.74 Å². The van der Waals surface area contributed by atoms with Gasteiger partial charge in [-0.1, -0.05) is 18.7 Å². The molecule has 0 fully saturated rings. The molecule has 0 aliphatic carbocycles. The van der Waals surface area contributed by atoms with Crippen LogP contribution in [0.15, 0.2) is 5.16 Å². The van der Waals surface area contributed by atoms with Crippen LogP contribution in [0.5, 0.6) is 0 Å². The Hall–Kier alpha value is -0.590. The molecule has 0 spiro atoms. The largest absolute Gasteiger partial charge is 0.385 e. The van der Waals surface area contributed by atoms with E-state index in [1.165, 1.54) is 0 Å². The maximum atomic E-state index is 5.60. The van der Waals surface area contributed by atoms with Gasteiger partial charge in [-0.2, -0.15) is 0 Å². The number of nitrogens with two attached hydrogens (primary N) is 1. The molecular formula is C10H20N4OS. The zero-order valence-electron chi connectivity index (χ0n) is 10.1. The highest BCUT2D eigenvalue weighted by Gasteiger charge is 2.13. The number of ether oxygens (including phenoxy) is 1. The van der Waals surface area contributed by atoms with Gasteiger partial charge < -0.3 is 15.0 Å². The van der Waals surface area contributed by atoms with Crippen LogP contribution in [0, 0.1) is 0 Å². The van der Waals surface area contributed by atoms with Crippen LogP contribution in [0.2, 0.25) is 0 Å². The van der Waals surface area contributed by atoms with Gasteiger partial charge in [-0.25, -0.2) is 0 Å². The molecule has 2 N–H and O–H groups in total. The van der Waals surface area contributed by atoms with E-state index in [0.717, 1.165) is 30.6 Å². The lowest BCUT2D eigenvalue weighted by Crippen LogP contribution is -2.09. The number of methoxy groups -OCH3 is 1. The van der Waals surface area contributed by atoms with Crippen molar-refractivity contribution in [3.8, 4) is 0 Å². The third-order valence-corrected chi connectivity index (χ3v) is 3.48. The van der Waals surface area contributed by atoms with Gasteiger partial charge in [0, 0.05) is 25.5 Å². The average Bonchev–Trinajstić information content (AvgIpc) is 2.68. The predicted molar refractivity (Wildman–Crippen MR) is 65.4 cm³/mol. The molecule has 0 bridgehead atoms. The molecule has 16 heavy (non-hydrogen) atoms. The van der Waals surface area contributed by atoms with E-state index in [2.05, 4.69) is 28.6 Å². The van der Waals surface area contributed by atoms with Crippen molar-refractivity contribution in [1.82, 2.24) is 14.8 Å².